The van der Waals surface area contributed by atoms with Crippen molar-refractivity contribution < 1.29 is 18.0 Å². The number of carbonyl (C=O) groups excluding carboxylic acids is 2. The third kappa shape index (κ3) is 8.24. The molecular weight excluding hydrogens is 557 g/mol. The molecule has 1 aliphatic rings. The molecule has 202 valence electrons. The van der Waals surface area contributed by atoms with Crippen LogP contribution in [0.15, 0.2) is 42.5 Å². The Hall–Kier alpha value is -2.00. The molecule has 2 aromatic carbocycles. The molecule has 0 aromatic heterocycles. The molecular formula is C26H32Cl3N3O4S. The van der Waals surface area contributed by atoms with Crippen LogP contribution in [0.1, 0.15) is 51.0 Å². The maximum atomic E-state index is 13.8. The van der Waals surface area contributed by atoms with E-state index in [9.17, 15) is 18.0 Å². The highest BCUT2D eigenvalue weighted by molar-refractivity contribution is 7.92. The van der Waals surface area contributed by atoms with E-state index in [1.165, 1.54) is 17.0 Å². The second kappa shape index (κ2) is 13.2. The molecule has 1 fully saturated rings. The van der Waals surface area contributed by atoms with Gasteiger partial charge in [0.25, 0.3) is 0 Å². The van der Waals surface area contributed by atoms with Crippen molar-refractivity contribution in [1.82, 2.24) is 10.2 Å². The second-order valence-electron chi connectivity index (χ2n) is 9.27. The van der Waals surface area contributed by atoms with Gasteiger partial charge in [0.2, 0.25) is 21.8 Å². The molecule has 1 saturated carbocycles. The Labute approximate surface area is 234 Å². The summed E-state index contributed by atoms with van der Waals surface area (Å²) in [6.45, 7) is 1.35. The van der Waals surface area contributed by atoms with Gasteiger partial charge in [-0.2, -0.15) is 0 Å². The SMILES string of the molecule is CC[C@H](C(=O)NC1CCCCC1)N(Cc1ccc(Cl)cc1Cl)C(=O)CN(c1ccc(Cl)cc1)S(C)(=O)=O. The fourth-order valence-corrected chi connectivity index (χ4v) is 5.96. The standard InChI is InChI=1S/C26H32Cl3N3O4S/c1-3-24(26(34)30-21-7-5-4-6-8-21)31(16-18-9-10-20(28)15-23(18)29)25(33)17-32(37(2,35)36)22-13-11-19(27)12-14-22/h9-15,21,24H,3-8,16-17H2,1-2H3,(H,30,34)/t24-/m1/s1. The summed E-state index contributed by atoms with van der Waals surface area (Å²) in [5, 5.41) is 4.34. The fourth-order valence-electron chi connectivity index (χ4n) is 4.52. The molecule has 0 aliphatic heterocycles. The van der Waals surface area contributed by atoms with E-state index in [0.717, 1.165) is 42.7 Å². The molecule has 3 rings (SSSR count). The Bertz CT molecular complexity index is 1200. The van der Waals surface area contributed by atoms with E-state index in [2.05, 4.69) is 5.32 Å². The zero-order chi connectivity index (χ0) is 27.2. The Morgan fingerprint density at radius 3 is 2.19 bits per heavy atom. The maximum Gasteiger partial charge on any atom is 0.244 e. The van der Waals surface area contributed by atoms with E-state index in [0.29, 0.717) is 32.7 Å². The monoisotopic (exact) mass is 587 g/mol. The minimum absolute atomic E-state index is 0.0175. The summed E-state index contributed by atoms with van der Waals surface area (Å²) >= 11 is 18.4. The van der Waals surface area contributed by atoms with Crippen molar-refractivity contribution in [3.63, 3.8) is 0 Å². The summed E-state index contributed by atoms with van der Waals surface area (Å²) in [6.07, 6.45) is 6.42. The minimum atomic E-state index is -3.82. The van der Waals surface area contributed by atoms with Crippen LogP contribution in [-0.2, 0) is 26.2 Å². The number of amides is 2. The molecule has 0 heterocycles. The molecule has 37 heavy (non-hydrogen) atoms. The smallest absolute Gasteiger partial charge is 0.244 e. The normalized spacial score (nSPS) is 15.2. The van der Waals surface area contributed by atoms with Gasteiger partial charge in [-0.1, -0.05) is 67.1 Å². The average molecular weight is 589 g/mol. The number of nitrogens with zero attached hydrogens (tertiary/aromatic N) is 2. The van der Waals surface area contributed by atoms with Crippen LogP contribution in [0.2, 0.25) is 15.1 Å². The van der Waals surface area contributed by atoms with E-state index >= 15 is 0 Å². The Morgan fingerprint density at radius 1 is 1.00 bits per heavy atom. The van der Waals surface area contributed by atoms with Crippen molar-refractivity contribution >= 4 is 62.3 Å². The van der Waals surface area contributed by atoms with Gasteiger partial charge >= 0.3 is 0 Å². The van der Waals surface area contributed by atoms with Gasteiger partial charge < -0.3 is 10.2 Å². The zero-order valence-electron chi connectivity index (χ0n) is 20.9. The molecule has 1 N–H and O–H groups in total. The number of carbonyl (C=O) groups is 2. The molecule has 0 radical (unpaired) electrons. The van der Waals surface area contributed by atoms with Crippen molar-refractivity contribution in [2.24, 2.45) is 0 Å². The van der Waals surface area contributed by atoms with Crippen LogP contribution >= 0.6 is 34.8 Å². The highest BCUT2D eigenvalue weighted by Gasteiger charge is 2.33. The van der Waals surface area contributed by atoms with Crippen molar-refractivity contribution in [1.29, 1.82) is 0 Å². The molecule has 0 spiro atoms. The summed E-state index contributed by atoms with van der Waals surface area (Å²) in [7, 11) is -3.82. The molecule has 0 saturated heterocycles. The van der Waals surface area contributed by atoms with Gasteiger partial charge in [0.1, 0.15) is 12.6 Å². The highest BCUT2D eigenvalue weighted by atomic mass is 35.5. The summed E-state index contributed by atoms with van der Waals surface area (Å²) in [5.74, 6) is -0.790. The molecule has 11 heteroatoms. The first kappa shape index (κ1) is 29.6. The molecule has 0 bridgehead atoms. The Kier molecular flexibility index (Phi) is 10.5. The van der Waals surface area contributed by atoms with Crippen LogP contribution in [0.25, 0.3) is 0 Å². The highest BCUT2D eigenvalue weighted by Crippen LogP contribution is 2.26. The molecule has 2 aromatic rings. The molecule has 0 unspecified atom stereocenters. The number of hydrogen-bond acceptors (Lipinski definition) is 4. The van der Waals surface area contributed by atoms with Gasteiger partial charge in [-0.15, -0.1) is 0 Å². The first-order valence-electron chi connectivity index (χ1n) is 12.3. The van der Waals surface area contributed by atoms with Crippen LogP contribution < -0.4 is 9.62 Å². The molecule has 7 nitrogen and oxygen atoms in total. The van der Waals surface area contributed by atoms with Crippen molar-refractivity contribution in [2.45, 2.75) is 64.1 Å². The summed E-state index contributed by atoms with van der Waals surface area (Å²) in [4.78, 5) is 28.6. The van der Waals surface area contributed by atoms with Crippen LogP contribution in [0.3, 0.4) is 0 Å². The van der Waals surface area contributed by atoms with E-state index < -0.39 is 28.5 Å². The van der Waals surface area contributed by atoms with Gasteiger partial charge in [0.05, 0.1) is 11.9 Å². The number of rotatable bonds is 10. The van der Waals surface area contributed by atoms with Gasteiger partial charge in [0, 0.05) is 27.7 Å². The first-order valence-corrected chi connectivity index (χ1v) is 15.2. The Morgan fingerprint density at radius 2 is 1.62 bits per heavy atom. The number of sulfonamides is 1. The third-order valence-electron chi connectivity index (χ3n) is 6.49. The van der Waals surface area contributed by atoms with E-state index in [1.54, 1.807) is 30.3 Å². The van der Waals surface area contributed by atoms with Crippen LogP contribution in [-0.4, -0.2) is 50.0 Å². The van der Waals surface area contributed by atoms with Crippen molar-refractivity contribution in [2.75, 3.05) is 17.1 Å². The van der Waals surface area contributed by atoms with Gasteiger partial charge in [-0.3, -0.25) is 13.9 Å². The summed E-state index contributed by atoms with van der Waals surface area (Å²) in [6, 6.07) is 10.3. The predicted molar refractivity (Wildman–Crippen MR) is 150 cm³/mol. The number of nitrogens with one attached hydrogen (secondary N) is 1. The number of halogens is 3. The molecule has 1 aliphatic carbocycles. The topological polar surface area (TPSA) is 86.8 Å². The number of anilines is 1. The first-order chi connectivity index (χ1) is 17.5. The maximum absolute atomic E-state index is 13.8. The second-order valence-corrected chi connectivity index (χ2v) is 12.5. The molecule has 1 atom stereocenters. The summed E-state index contributed by atoms with van der Waals surface area (Å²) < 4.78 is 26.3. The van der Waals surface area contributed by atoms with E-state index in [4.69, 9.17) is 34.8 Å². The lowest BCUT2D eigenvalue weighted by Gasteiger charge is -2.34. The quantitative estimate of drug-likeness (QED) is 0.388. The average Bonchev–Trinajstić information content (AvgIpc) is 2.84. The zero-order valence-corrected chi connectivity index (χ0v) is 24.0. The van der Waals surface area contributed by atoms with Crippen molar-refractivity contribution in [3.8, 4) is 0 Å². The third-order valence-corrected chi connectivity index (χ3v) is 8.47. The van der Waals surface area contributed by atoms with Crippen molar-refractivity contribution in [3.05, 3.63) is 63.1 Å². The van der Waals surface area contributed by atoms with Crippen LogP contribution in [0.5, 0.6) is 0 Å². The van der Waals surface area contributed by atoms with E-state index in [-0.39, 0.29) is 18.5 Å². The van der Waals surface area contributed by atoms with Gasteiger partial charge in [-0.05, 0) is 61.2 Å². The molecule has 2 amide bonds. The lowest BCUT2D eigenvalue weighted by molar-refractivity contribution is -0.140. The number of hydrogen-bond donors (Lipinski definition) is 1. The van der Waals surface area contributed by atoms with Crippen LogP contribution in [0.4, 0.5) is 5.69 Å². The summed E-state index contributed by atoms with van der Waals surface area (Å²) in [5.41, 5.74) is 0.894. The number of benzene rings is 2. The minimum Gasteiger partial charge on any atom is -0.352 e. The van der Waals surface area contributed by atoms with Gasteiger partial charge in [-0.25, -0.2) is 8.42 Å². The van der Waals surface area contributed by atoms with E-state index in [1.807, 2.05) is 6.92 Å². The Balaban J connectivity index is 1.93. The van der Waals surface area contributed by atoms with Gasteiger partial charge in [0.15, 0.2) is 0 Å². The largest absolute Gasteiger partial charge is 0.352 e. The fraction of sp³-hybridized carbons (Fsp3) is 0.462. The van der Waals surface area contributed by atoms with Crippen LogP contribution in [0, 0.1) is 0 Å². The lowest BCUT2D eigenvalue weighted by Crippen LogP contribution is -2.54. The lowest BCUT2D eigenvalue weighted by atomic mass is 9.95. The predicted octanol–water partition coefficient (Wildman–Crippen LogP) is 5.67.